The molecule has 1 heterocycles. The van der Waals surface area contributed by atoms with Gasteiger partial charge in [-0.25, -0.2) is 4.79 Å². The van der Waals surface area contributed by atoms with Gasteiger partial charge in [-0.05, 0) is 28.5 Å². The first kappa shape index (κ1) is 17.1. The van der Waals surface area contributed by atoms with Crippen molar-refractivity contribution in [3.8, 4) is 5.75 Å². The molecule has 0 N–H and O–H groups in total. The maximum Gasteiger partial charge on any atom is 0.348 e. The summed E-state index contributed by atoms with van der Waals surface area (Å²) in [6.07, 6.45) is -0.592. The Labute approximate surface area is 157 Å². The van der Waals surface area contributed by atoms with Crippen LogP contribution in [0.25, 0.3) is 10.8 Å². The van der Waals surface area contributed by atoms with Crippen LogP contribution in [0.15, 0.2) is 66.7 Å². The predicted molar refractivity (Wildman–Crippen MR) is 103 cm³/mol. The van der Waals surface area contributed by atoms with Crippen LogP contribution in [0.2, 0.25) is 0 Å². The second-order valence-corrected chi connectivity index (χ2v) is 6.42. The van der Waals surface area contributed by atoms with Crippen molar-refractivity contribution in [1.82, 2.24) is 0 Å². The van der Waals surface area contributed by atoms with Crippen LogP contribution in [-0.2, 0) is 20.7 Å². The third-order valence-electron chi connectivity index (χ3n) is 4.76. The summed E-state index contributed by atoms with van der Waals surface area (Å²) in [7, 11) is 1.31. The number of esters is 1. The van der Waals surface area contributed by atoms with Gasteiger partial charge in [0.25, 0.3) is 0 Å². The molecule has 0 aromatic heterocycles. The number of hydrogen-bond donors (Lipinski definition) is 0. The van der Waals surface area contributed by atoms with Crippen molar-refractivity contribution in [2.45, 2.75) is 12.5 Å². The zero-order chi connectivity index (χ0) is 18.8. The largest absolute Gasteiger partial charge is 0.475 e. The fraction of sp³-hybridized carbons (Fsp3) is 0.182. The monoisotopic (exact) mass is 361 g/mol. The Morgan fingerprint density at radius 1 is 1.04 bits per heavy atom. The number of para-hydroxylation sites is 2. The highest BCUT2D eigenvalue weighted by Crippen LogP contribution is 2.34. The quantitative estimate of drug-likeness (QED) is 0.672. The molecule has 3 aromatic carbocycles. The minimum Gasteiger partial charge on any atom is -0.475 e. The molecule has 1 amide bonds. The van der Waals surface area contributed by atoms with E-state index < -0.39 is 12.1 Å². The second-order valence-electron chi connectivity index (χ2n) is 6.42. The molecule has 5 nitrogen and oxygen atoms in total. The number of hydrogen-bond acceptors (Lipinski definition) is 4. The lowest BCUT2D eigenvalue weighted by molar-refractivity contribution is -0.148. The number of nitrogens with zero attached hydrogens (tertiary/aromatic N) is 1. The van der Waals surface area contributed by atoms with Crippen molar-refractivity contribution in [3.63, 3.8) is 0 Å². The van der Waals surface area contributed by atoms with Gasteiger partial charge >= 0.3 is 5.97 Å². The van der Waals surface area contributed by atoms with Crippen LogP contribution in [0.3, 0.4) is 0 Å². The van der Waals surface area contributed by atoms with E-state index in [1.807, 2.05) is 60.7 Å². The molecule has 1 aliphatic heterocycles. The van der Waals surface area contributed by atoms with Crippen molar-refractivity contribution in [2.24, 2.45) is 0 Å². The zero-order valence-electron chi connectivity index (χ0n) is 14.9. The first-order valence-corrected chi connectivity index (χ1v) is 8.78. The molecule has 3 aromatic rings. The van der Waals surface area contributed by atoms with Crippen molar-refractivity contribution in [3.05, 3.63) is 72.3 Å². The van der Waals surface area contributed by atoms with Crippen LogP contribution >= 0.6 is 0 Å². The Kier molecular flexibility index (Phi) is 4.50. The van der Waals surface area contributed by atoms with Gasteiger partial charge < -0.3 is 14.4 Å². The third-order valence-corrected chi connectivity index (χ3v) is 4.76. The maximum absolute atomic E-state index is 13.1. The van der Waals surface area contributed by atoms with Gasteiger partial charge in [0.05, 0.1) is 25.8 Å². The molecule has 27 heavy (non-hydrogen) atoms. The number of amides is 1. The molecular formula is C22H19NO4. The van der Waals surface area contributed by atoms with Crippen LogP contribution in [0.5, 0.6) is 5.75 Å². The minimum atomic E-state index is -0.832. The molecule has 0 saturated heterocycles. The fourth-order valence-corrected chi connectivity index (χ4v) is 3.43. The van der Waals surface area contributed by atoms with Gasteiger partial charge in [0, 0.05) is 0 Å². The molecule has 0 radical (unpaired) electrons. The van der Waals surface area contributed by atoms with Gasteiger partial charge in [-0.2, -0.15) is 0 Å². The summed E-state index contributed by atoms with van der Waals surface area (Å²) in [5.41, 5.74) is 1.62. The molecule has 0 bridgehead atoms. The van der Waals surface area contributed by atoms with Crippen molar-refractivity contribution < 1.29 is 19.1 Å². The van der Waals surface area contributed by atoms with Crippen molar-refractivity contribution in [1.29, 1.82) is 0 Å². The van der Waals surface area contributed by atoms with E-state index in [0.717, 1.165) is 16.3 Å². The van der Waals surface area contributed by atoms with E-state index >= 15 is 0 Å². The summed E-state index contributed by atoms with van der Waals surface area (Å²) in [6.45, 7) is 0.132. The fourth-order valence-electron chi connectivity index (χ4n) is 3.43. The van der Waals surface area contributed by atoms with Gasteiger partial charge in [0.2, 0.25) is 12.0 Å². The van der Waals surface area contributed by atoms with Crippen LogP contribution < -0.4 is 9.64 Å². The molecule has 0 fully saturated rings. The Morgan fingerprint density at radius 2 is 1.78 bits per heavy atom. The average molecular weight is 361 g/mol. The lowest BCUT2D eigenvalue weighted by Crippen LogP contribution is -2.48. The van der Waals surface area contributed by atoms with E-state index in [1.54, 1.807) is 11.0 Å². The Bertz CT molecular complexity index is 1010. The van der Waals surface area contributed by atoms with Crippen LogP contribution in [0.4, 0.5) is 5.69 Å². The highest BCUT2D eigenvalue weighted by atomic mass is 16.6. The highest BCUT2D eigenvalue weighted by Gasteiger charge is 2.34. The predicted octanol–water partition coefficient (Wildman–Crippen LogP) is 3.35. The van der Waals surface area contributed by atoms with Crippen LogP contribution in [0, 0.1) is 0 Å². The number of fused-ring (bicyclic) bond motifs is 2. The lowest BCUT2D eigenvalue weighted by Gasteiger charge is -2.33. The van der Waals surface area contributed by atoms with E-state index in [-0.39, 0.29) is 18.9 Å². The summed E-state index contributed by atoms with van der Waals surface area (Å²) in [5, 5.41) is 2.15. The lowest BCUT2D eigenvalue weighted by atomic mass is 10.0. The molecule has 0 unspecified atom stereocenters. The zero-order valence-corrected chi connectivity index (χ0v) is 14.9. The number of methoxy groups -OCH3 is 1. The summed E-state index contributed by atoms with van der Waals surface area (Å²) in [4.78, 5) is 26.8. The highest BCUT2D eigenvalue weighted by molar-refractivity contribution is 6.00. The van der Waals surface area contributed by atoms with Crippen molar-refractivity contribution in [2.75, 3.05) is 18.6 Å². The molecule has 1 aliphatic rings. The molecule has 5 heteroatoms. The molecule has 1 atom stereocenters. The Hall–Kier alpha value is -3.34. The summed E-state index contributed by atoms with van der Waals surface area (Å²) in [6, 6.07) is 21.2. The van der Waals surface area contributed by atoms with Crippen molar-refractivity contribution >= 4 is 28.3 Å². The Morgan fingerprint density at radius 3 is 2.63 bits per heavy atom. The standard InChI is InChI=1S/C22H19NO4/c1-26-22(25)20-14-23(18-11-4-5-12-19(18)27-20)21(24)13-16-9-6-8-15-7-2-3-10-17(15)16/h2-12,20H,13-14H2,1H3/t20-/m0/s1. The summed E-state index contributed by atoms with van der Waals surface area (Å²) < 4.78 is 10.5. The number of ether oxygens (including phenoxy) is 2. The SMILES string of the molecule is COC(=O)[C@@H]1CN(C(=O)Cc2cccc3ccccc23)c2ccccc2O1. The van der Waals surface area contributed by atoms with E-state index in [1.165, 1.54) is 7.11 Å². The normalized spacial score (nSPS) is 15.7. The van der Waals surface area contributed by atoms with Crippen LogP contribution in [-0.4, -0.2) is 31.6 Å². The summed E-state index contributed by atoms with van der Waals surface area (Å²) >= 11 is 0. The molecule has 136 valence electrons. The van der Waals surface area contributed by atoms with E-state index in [4.69, 9.17) is 9.47 Å². The van der Waals surface area contributed by atoms with E-state index in [0.29, 0.717) is 11.4 Å². The molecular weight excluding hydrogens is 342 g/mol. The maximum atomic E-state index is 13.1. The first-order valence-electron chi connectivity index (χ1n) is 8.78. The third kappa shape index (κ3) is 3.24. The molecule has 0 saturated carbocycles. The van der Waals surface area contributed by atoms with Gasteiger partial charge in [-0.1, -0.05) is 54.6 Å². The Balaban J connectivity index is 1.67. The van der Waals surface area contributed by atoms with E-state index in [9.17, 15) is 9.59 Å². The first-order chi connectivity index (χ1) is 13.2. The van der Waals surface area contributed by atoms with Gasteiger partial charge in [0.1, 0.15) is 5.75 Å². The van der Waals surface area contributed by atoms with Gasteiger partial charge in [-0.3, -0.25) is 4.79 Å². The summed E-state index contributed by atoms with van der Waals surface area (Å²) in [5.74, 6) is -0.0751. The van der Waals surface area contributed by atoms with E-state index in [2.05, 4.69) is 0 Å². The number of benzene rings is 3. The molecule has 0 spiro atoms. The average Bonchev–Trinajstić information content (AvgIpc) is 2.72. The number of rotatable bonds is 3. The molecule has 4 rings (SSSR count). The second kappa shape index (κ2) is 7.11. The molecule has 0 aliphatic carbocycles. The van der Waals surface area contributed by atoms with Gasteiger partial charge in [0.15, 0.2) is 0 Å². The van der Waals surface area contributed by atoms with Crippen LogP contribution in [0.1, 0.15) is 5.56 Å². The minimum absolute atomic E-state index is 0.0870. The smallest absolute Gasteiger partial charge is 0.348 e. The number of carbonyl (C=O) groups excluding carboxylic acids is 2. The van der Waals surface area contributed by atoms with Gasteiger partial charge in [-0.15, -0.1) is 0 Å². The topological polar surface area (TPSA) is 55.8 Å². The number of anilines is 1. The number of carbonyl (C=O) groups is 2.